The minimum absolute atomic E-state index is 0.00766. The highest BCUT2D eigenvalue weighted by atomic mass is 16.3. The van der Waals surface area contributed by atoms with Gasteiger partial charge in [-0.2, -0.15) is 0 Å². The van der Waals surface area contributed by atoms with Crippen molar-refractivity contribution < 1.29 is 15.0 Å². The van der Waals surface area contributed by atoms with Crippen molar-refractivity contribution in [3.8, 4) is 5.75 Å². The number of aliphatic hydroxyl groups excluding tert-OH is 1. The van der Waals surface area contributed by atoms with Gasteiger partial charge >= 0.3 is 0 Å². The molecule has 7 nitrogen and oxygen atoms in total. The zero-order valence-electron chi connectivity index (χ0n) is 17.7. The number of fused-ring (bicyclic) bond motifs is 1. The third kappa shape index (κ3) is 4.01. The summed E-state index contributed by atoms with van der Waals surface area (Å²) >= 11 is 0. The monoisotopic (exact) mass is 421 g/mol. The number of benzene rings is 2. The quantitative estimate of drug-likeness (QED) is 0.602. The second kappa shape index (κ2) is 8.43. The van der Waals surface area contributed by atoms with Gasteiger partial charge < -0.3 is 25.0 Å². The first-order chi connectivity index (χ1) is 14.9. The molecule has 0 unspecified atom stereocenters. The number of carbonyl (C=O) groups is 1. The van der Waals surface area contributed by atoms with Crippen LogP contribution in [0.1, 0.15) is 41.7 Å². The average molecular weight is 421 g/mol. The number of pyridine rings is 1. The number of aryl methyl sites for hydroxylation is 1. The van der Waals surface area contributed by atoms with E-state index in [-0.39, 0.29) is 17.7 Å². The Labute approximate surface area is 180 Å². The molecule has 0 saturated carbocycles. The fourth-order valence-corrected chi connectivity index (χ4v) is 4.18. The number of aliphatic hydroxyl groups is 1. The summed E-state index contributed by atoms with van der Waals surface area (Å²) < 4.78 is 1.34. The maximum absolute atomic E-state index is 13.1. The highest BCUT2D eigenvalue weighted by Gasteiger charge is 2.23. The van der Waals surface area contributed by atoms with Gasteiger partial charge in [-0.1, -0.05) is 30.3 Å². The number of nitrogens with one attached hydrogen (secondary N) is 1. The highest BCUT2D eigenvalue weighted by molar-refractivity contribution is 6.08. The molecule has 1 atom stereocenters. The molecule has 1 aromatic heterocycles. The number of nitrogens with zero attached hydrogens (tertiary/aromatic N) is 2. The first-order valence-corrected chi connectivity index (χ1v) is 10.5. The van der Waals surface area contributed by atoms with Crippen LogP contribution in [0.25, 0.3) is 10.9 Å². The lowest BCUT2D eigenvalue weighted by atomic mass is 10.0. The van der Waals surface area contributed by atoms with Crippen molar-refractivity contribution in [2.75, 3.05) is 18.0 Å². The van der Waals surface area contributed by atoms with Gasteiger partial charge in [0.2, 0.25) is 0 Å². The number of carbonyl (C=O) groups excluding carboxylic acids is 1. The van der Waals surface area contributed by atoms with E-state index in [1.807, 2.05) is 31.2 Å². The minimum atomic E-state index is -0.606. The molecule has 0 radical (unpaired) electrons. The first kappa shape index (κ1) is 20.9. The number of aromatic nitrogens is 1. The maximum atomic E-state index is 13.1. The smallest absolute Gasteiger partial charge is 0.293 e. The summed E-state index contributed by atoms with van der Waals surface area (Å²) in [6, 6.07) is 14.6. The van der Waals surface area contributed by atoms with E-state index in [4.69, 9.17) is 0 Å². The second-order valence-electron chi connectivity index (χ2n) is 8.11. The van der Waals surface area contributed by atoms with Crippen LogP contribution < -0.4 is 15.8 Å². The van der Waals surface area contributed by atoms with E-state index in [2.05, 4.69) is 10.2 Å². The van der Waals surface area contributed by atoms with Crippen molar-refractivity contribution in [1.82, 2.24) is 9.88 Å². The van der Waals surface area contributed by atoms with Gasteiger partial charge in [-0.15, -0.1) is 0 Å². The molecular formula is C24H27N3O4. The molecule has 2 heterocycles. The summed E-state index contributed by atoms with van der Waals surface area (Å²) in [6.45, 7) is 3.45. The second-order valence-corrected chi connectivity index (χ2v) is 8.11. The Morgan fingerprint density at radius 1 is 1.13 bits per heavy atom. The average Bonchev–Trinajstić information content (AvgIpc) is 2.78. The van der Waals surface area contributed by atoms with Crippen LogP contribution in [0, 0.1) is 0 Å². The SMILES string of the molecule is C[C@@H](NC(=O)c1c(O)c(=O)n(C)c2ccccc12)c1cccc(N2CCC(O)CC2)c1. The van der Waals surface area contributed by atoms with Crippen LogP contribution in [0.3, 0.4) is 0 Å². The zero-order chi connectivity index (χ0) is 22.1. The molecule has 4 rings (SSSR count). The third-order valence-corrected chi connectivity index (χ3v) is 6.05. The number of aromatic hydroxyl groups is 1. The van der Waals surface area contributed by atoms with Crippen LogP contribution in [0.5, 0.6) is 5.75 Å². The molecule has 0 aliphatic carbocycles. The molecule has 0 spiro atoms. The van der Waals surface area contributed by atoms with Crippen LogP contribution in [0.15, 0.2) is 53.3 Å². The minimum Gasteiger partial charge on any atom is -0.502 e. The molecule has 3 aromatic rings. The number of amides is 1. The lowest BCUT2D eigenvalue weighted by Crippen LogP contribution is -2.36. The van der Waals surface area contributed by atoms with Crippen molar-refractivity contribution in [2.24, 2.45) is 7.05 Å². The summed E-state index contributed by atoms with van der Waals surface area (Å²) in [5.74, 6) is -1.04. The van der Waals surface area contributed by atoms with E-state index >= 15 is 0 Å². The highest BCUT2D eigenvalue weighted by Crippen LogP contribution is 2.26. The summed E-state index contributed by atoms with van der Waals surface area (Å²) in [5.41, 5.74) is 1.94. The number of hydrogen-bond acceptors (Lipinski definition) is 5. The Morgan fingerprint density at radius 3 is 2.58 bits per heavy atom. The van der Waals surface area contributed by atoms with Crippen molar-refractivity contribution in [2.45, 2.75) is 31.9 Å². The number of anilines is 1. The Balaban J connectivity index is 1.60. The topological polar surface area (TPSA) is 94.8 Å². The van der Waals surface area contributed by atoms with Gasteiger partial charge in [0, 0.05) is 31.2 Å². The molecule has 162 valence electrons. The van der Waals surface area contributed by atoms with E-state index in [0.717, 1.165) is 37.2 Å². The predicted molar refractivity (Wildman–Crippen MR) is 121 cm³/mol. The number of para-hydroxylation sites is 1. The van der Waals surface area contributed by atoms with Crippen LogP contribution in [-0.4, -0.2) is 39.9 Å². The van der Waals surface area contributed by atoms with E-state index in [0.29, 0.717) is 10.9 Å². The van der Waals surface area contributed by atoms with Gasteiger partial charge in [-0.3, -0.25) is 9.59 Å². The van der Waals surface area contributed by atoms with Gasteiger partial charge in [0.1, 0.15) is 0 Å². The van der Waals surface area contributed by atoms with E-state index in [1.165, 1.54) is 4.57 Å². The van der Waals surface area contributed by atoms with Crippen molar-refractivity contribution in [3.05, 3.63) is 70.0 Å². The van der Waals surface area contributed by atoms with Crippen molar-refractivity contribution >= 4 is 22.5 Å². The number of rotatable bonds is 4. The number of hydrogen-bond donors (Lipinski definition) is 3. The molecular weight excluding hydrogens is 394 g/mol. The first-order valence-electron chi connectivity index (χ1n) is 10.5. The molecule has 2 aromatic carbocycles. The molecule has 31 heavy (non-hydrogen) atoms. The van der Waals surface area contributed by atoms with Crippen LogP contribution in [-0.2, 0) is 7.05 Å². The summed E-state index contributed by atoms with van der Waals surface area (Å²) in [6.07, 6.45) is 1.25. The Morgan fingerprint density at radius 2 is 1.84 bits per heavy atom. The van der Waals surface area contributed by atoms with Gasteiger partial charge in [0.25, 0.3) is 11.5 Å². The van der Waals surface area contributed by atoms with Crippen LogP contribution in [0.4, 0.5) is 5.69 Å². The fourth-order valence-electron chi connectivity index (χ4n) is 4.18. The summed E-state index contributed by atoms with van der Waals surface area (Å²) in [7, 11) is 1.57. The Kier molecular flexibility index (Phi) is 5.69. The lowest BCUT2D eigenvalue weighted by Gasteiger charge is -2.32. The standard InChI is InChI=1S/C24H27N3O4/c1-15(16-6-5-7-17(14-16)27-12-10-18(28)11-13-27)25-23(30)21-19-8-3-4-9-20(19)26(2)24(31)22(21)29/h3-9,14-15,18,28-29H,10-13H2,1-2H3,(H,25,30)/t15-/m1/s1. The molecule has 0 bridgehead atoms. The molecule has 7 heteroatoms. The molecule has 1 fully saturated rings. The Hall–Kier alpha value is -3.32. The molecule has 1 saturated heterocycles. The van der Waals surface area contributed by atoms with Gasteiger partial charge in [-0.25, -0.2) is 0 Å². The normalized spacial score (nSPS) is 15.8. The van der Waals surface area contributed by atoms with Crippen LogP contribution in [0.2, 0.25) is 0 Å². The summed E-state index contributed by atoms with van der Waals surface area (Å²) in [5, 5.41) is 23.6. The largest absolute Gasteiger partial charge is 0.502 e. The number of piperidine rings is 1. The van der Waals surface area contributed by atoms with Gasteiger partial charge in [0.05, 0.1) is 23.2 Å². The van der Waals surface area contributed by atoms with Crippen molar-refractivity contribution in [1.29, 1.82) is 0 Å². The van der Waals surface area contributed by atoms with Crippen molar-refractivity contribution in [3.63, 3.8) is 0 Å². The predicted octanol–water partition coefficient (Wildman–Crippen LogP) is 2.70. The fraction of sp³-hybridized carbons (Fsp3) is 0.333. The molecule has 3 N–H and O–H groups in total. The third-order valence-electron chi connectivity index (χ3n) is 6.05. The zero-order valence-corrected chi connectivity index (χ0v) is 17.7. The van der Waals surface area contributed by atoms with E-state index in [9.17, 15) is 19.8 Å². The van der Waals surface area contributed by atoms with Gasteiger partial charge in [0.15, 0.2) is 5.75 Å². The van der Waals surface area contributed by atoms with Gasteiger partial charge in [-0.05, 0) is 43.5 Å². The lowest BCUT2D eigenvalue weighted by molar-refractivity contribution is 0.0938. The molecule has 1 aliphatic rings. The molecule has 1 amide bonds. The molecule has 1 aliphatic heterocycles. The van der Waals surface area contributed by atoms with Crippen LogP contribution >= 0.6 is 0 Å². The van der Waals surface area contributed by atoms with E-state index < -0.39 is 17.2 Å². The Bertz CT molecular complexity index is 1180. The van der Waals surface area contributed by atoms with E-state index in [1.54, 1.807) is 31.3 Å². The summed E-state index contributed by atoms with van der Waals surface area (Å²) in [4.78, 5) is 27.7. The maximum Gasteiger partial charge on any atom is 0.293 e.